The Morgan fingerprint density at radius 2 is 2.36 bits per heavy atom. The van der Waals surface area contributed by atoms with E-state index in [1.165, 1.54) is 0 Å². The van der Waals surface area contributed by atoms with Gasteiger partial charge >= 0.3 is 0 Å². The largest absolute Gasteiger partial charge is 0.486 e. The van der Waals surface area contributed by atoms with Crippen LogP contribution in [0.4, 0.5) is 0 Å². The molecule has 0 saturated carbocycles. The number of hydrogen-bond acceptors (Lipinski definition) is 3. The van der Waals surface area contributed by atoms with Gasteiger partial charge in [-0.2, -0.15) is 0 Å². The molecular weight excluding hydrogens is 223 g/mol. The Morgan fingerprint density at radius 1 is 1.50 bits per heavy atom. The molecular formula is C9H10Cl2N2O. The maximum atomic E-state index is 5.94. The Kier molecular flexibility index (Phi) is 3.11. The fraction of sp³-hybridized carbons (Fsp3) is 0.444. The van der Waals surface area contributed by atoms with Gasteiger partial charge in [0.05, 0.1) is 11.2 Å². The molecule has 3 nitrogen and oxygen atoms in total. The van der Waals surface area contributed by atoms with Crippen molar-refractivity contribution >= 4 is 23.2 Å². The van der Waals surface area contributed by atoms with E-state index in [2.05, 4.69) is 10.3 Å². The van der Waals surface area contributed by atoms with Crippen LogP contribution in [0, 0.1) is 0 Å². The van der Waals surface area contributed by atoms with E-state index < -0.39 is 0 Å². The lowest BCUT2D eigenvalue weighted by Crippen LogP contribution is -2.19. The zero-order valence-electron chi connectivity index (χ0n) is 7.46. The van der Waals surface area contributed by atoms with Crippen molar-refractivity contribution in [3.8, 4) is 5.75 Å². The summed E-state index contributed by atoms with van der Waals surface area (Å²) in [6.07, 6.45) is 2.75. The van der Waals surface area contributed by atoms with Crippen LogP contribution < -0.4 is 10.1 Å². The molecule has 1 aromatic heterocycles. The first kappa shape index (κ1) is 10.0. The summed E-state index contributed by atoms with van der Waals surface area (Å²) in [7, 11) is 0. The van der Waals surface area contributed by atoms with Crippen molar-refractivity contribution < 1.29 is 4.74 Å². The molecule has 1 aromatic rings. The molecule has 0 radical (unpaired) electrons. The van der Waals surface area contributed by atoms with E-state index in [-0.39, 0.29) is 6.10 Å². The second-order valence-electron chi connectivity index (χ2n) is 3.17. The van der Waals surface area contributed by atoms with E-state index in [1.807, 2.05) is 0 Å². The molecule has 1 aliphatic rings. The topological polar surface area (TPSA) is 34.1 Å². The molecule has 0 amide bonds. The minimum absolute atomic E-state index is 0.190. The number of aromatic nitrogens is 1. The zero-order valence-corrected chi connectivity index (χ0v) is 8.98. The average Bonchev–Trinajstić information content (AvgIpc) is 2.62. The van der Waals surface area contributed by atoms with Gasteiger partial charge < -0.3 is 10.1 Å². The normalized spacial score (nSPS) is 21.1. The van der Waals surface area contributed by atoms with Crippen LogP contribution in [0.2, 0.25) is 10.2 Å². The molecule has 1 N–H and O–H groups in total. The van der Waals surface area contributed by atoms with Gasteiger partial charge in [-0.15, -0.1) is 0 Å². The summed E-state index contributed by atoms with van der Waals surface area (Å²) in [6, 6.07) is 1.58. The molecule has 1 aliphatic heterocycles. The molecule has 1 unspecified atom stereocenters. The molecule has 76 valence electrons. The Bertz CT molecular complexity index is 327. The lowest BCUT2D eigenvalue weighted by Gasteiger charge is -2.12. The molecule has 0 bridgehead atoms. The van der Waals surface area contributed by atoms with Crippen LogP contribution >= 0.6 is 23.2 Å². The third-order valence-corrected chi connectivity index (χ3v) is 2.60. The number of nitrogens with one attached hydrogen (secondary N) is 1. The van der Waals surface area contributed by atoms with Crippen molar-refractivity contribution in [3.05, 3.63) is 22.4 Å². The predicted molar refractivity (Wildman–Crippen MR) is 56.2 cm³/mol. The van der Waals surface area contributed by atoms with Crippen LogP contribution in [0.15, 0.2) is 12.3 Å². The van der Waals surface area contributed by atoms with E-state index in [4.69, 9.17) is 27.9 Å². The SMILES string of the molecule is Clc1cc(Cl)c(OC2CCNC2)cn1. The molecule has 0 spiro atoms. The average molecular weight is 233 g/mol. The Labute approximate surface area is 92.4 Å². The maximum absolute atomic E-state index is 5.94. The molecule has 1 atom stereocenters. The molecule has 0 aromatic carbocycles. The van der Waals surface area contributed by atoms with Crippen molar-refractivity contribution in [2.24, 2.45) is 0 Å². The summed E-state index contributed by atoms with van der Waals surface area (Å²) in [5.74, 6) is 0.602. The van der Waals surface area contributed by atoms with Gasteiger partial charge in [-0.3, -0.25) is 0 Å². The second-order valence-corrected chi connectivity index (χ2v) is 3.96. The van der Waals surface area contributed by atoms with Crippen molar-refractivity contribution in [1.82, 2.24) is 10.3 Å². The summed E-state index contributed by atoms with van der Waals surface area (Å²) in [5.41, 5.74) is 0. The zero-order chi connectivity index (χ0) is 9.97. The Hall–Kier alpha value is -0.510. The van der Waals surface area contributed by atoms with Gasteiger partial charge in [0.1, 0.15) is 11.3 Å². The van der Waals surface area contributed by atoms with E-state index in [9.17, 15) is 0 Å². The quantitative estimate of drug-likeness (QED) is 0.794. The monoisotopic (exact) mass is 232 g/mol. The summed E-state index contributed by atoms with van der Waals surface area (Å²) >= 11 is 11.6. The highest BCUT2D eigenvalue weighted by molar-refractivity contribution is 6.34. The lowest BCUT2D eigenvalue weighted by molar-refractivity contribution is 0.222. The van der Waals surface area contributed by atoms with Gasteiger partial charge in [-0.1, -0.05) is 23.2 Å². The smallest absolute Gasteiger partial charge is 0.156 e. The van der Waals surface area contributed by atoms with E-state index in [0.29, 0.717) is 15.9 Å². The fourth-order valence-electron chi connectivity index (χ4n) is 1.39. The number of hydrogen-bond donors (Lipinski definition) is 1. The summed E-state index contributed by atoms with van der Waals surface area (Å²) in [5, 5.41) is 4.10. The number of ether oxygens (including phenoxy) is 1. The Balaban J connectivity index is 2.08. The van der Waals surface area contributed by atoms with Gasteiger partial charge in [0.15, 0.2) is 5.75 Å². The molecule has 14 heavy (non-hydrogen) atoms. The highest BCUT2D eigenvalue weighted by Crippen LogP contribution is 2.27. The van der Waals surface area contributed by atoms with Crippen LogP contribution in [0.1, 0.15) is 6.42 Å². The number of pyridine rings is 1. The minimum atomic E-state index is 0.190. The predicted octanol–water partition coefficient (Wildman–Crippen LogP) is 2.13. The molecule has 5 heteroatoms. The lowest BCUT2D eigenvalue weighted by atomic mass is 10.3. The standard InChI is InChI=1S/C9H10Cl2N2O/c10-7-3-9(11)13-5-8(7)14-6-1-2-12-4-6/h3,5-6,12H,1-2,4H2. The third-order valence-electron chi connectivity index (χ3n) is 2.10. The van der Waals surface area contributed by atoms with Crippen molar-refractivity contribution in [2.75, 3.05) is 13.1 Å². The molecule has 2 heterocycles. The number of nitrogens with zero attached hydrogens (tertiary/aromatic N) is 1. The number of rotatable bonds is 2. The third kappa shape index (κ3) is 2.29. The highest BCUT2D eigenvalue weighted by atomic mass is 35.5. The van der Waals surface area contributed by atoms with Gasteiger partial charge in [0.25, 0.3) is 0 Å². The van der Waals surface area contributed by atoms with Crippen LogP contribution in [0.25, 0.3) is 0 Å². The summed E-state index contributed by atoms with van der Waals surface area (Å²) < 4.78 is 5.65. The fourth-order valence-corrected chi connectivity index (χ4v) is 1.80. The summed E-state index contributed by atoms with van der Waals surface area (Å²) in [6.45, 7) is 1.85. The highest BCUT2D eigenvalue weighted by Gasteiger charge is 2.17. The van der Waals surface area contributed by atoms with E-state index in [1.54, 1.807) is 12.3 Å². The Morgan fingerprint density at radius 3 is 3.00 bits per heavy atom. The van der Waals surface area contributed by atoms with Crippen molar-refractivity contribution in [1.29, 1.82) is 0 Å². The minimum Gasteiger partial charge on any atom is -0.486 e. The van der Waals surface area contributed by atoms with Crippen LogP contribution in [-0.4, -0.2) is 24.2 Å². The van der Waals surface area contributed by atoms with Gasteiger partial charge in [-0.05, 0) is 19.0 Å². The van der Waals surface area contributed by atoms with Crippen LogP contribution in [0.5, 0.6) is 5.75 Å². The number of halogens is 2. The first-order chi connectivity index (χ1) is 6.75. The molecule has 2 rings (SSSR count). The van der Waals surface area contributed by atoms with E-state index in [0.717, 1.165) is 19.5 Å². The van der Waals surface area contributed by atoms with Crippen LogP contribution in [-0.2, 0) is 0 Å². The molecule has 1 saturated heterocycles. The molecule has 0 aliphatic carbocycles. The van der Waals surface area contributed by atoms with Crippen LogP contribution in [0.3, 0.4) is 0 Å². The first-order valence-electron chi connectivity index (χ1n) is 4.44. The van der Waals surface area contributed by atoms with Crippen molar-refractivity contribution in [2.45, 2.75) is 12.5 Å². The first-order valence-corrected chi connectivity index (χ1v) is 5.20. The summed E-state index contributed by atoms with van der Waals surface area (Å²) in [4.78, 5) is 3.92. The molecule has 1 fully saturated rings. The van der Waals surface area contributed by atoms with E-state index >= 15 is 0 Å². The van der Waals surface area contributed by atoms with Gasteiger partial charge in [0.2, 0.25) is 0 Å². The van der Waals surface area contributed by atoms with Gasteiger partial charge in [-0.25, -0.2) is 4.98 Å². The van der Waals surface area contributed by atoms with Gasteiger partial charge in [0, 0.05) is 6.54 Å². The maximum Gasteiger partial charge on any atom is 0.156 e. The van der Waals surface area contributed by atoms with Crippen molar-refractivity contribution in [3.63, 3.8) is 0 Å². The second kappa shape index (κ2) is 4.34.